The zero-order valence-corrected chi connectivity index (χ0v) is 22.3. The Balaban J connectivity index is 1.73. The Morgan fingerprint density at radius 1 is 1.20 bits per heavy atom. The van der Waals surface area contributed by atoms with Crippen LogP contribution in [-0.2, 0) is 0 Å². The largest absolute Gasteiger partial charge is 0.383 e. The summed E-state index contributed by atoms with van der Waals surface area (Å²) in [6.07, 6.45) is 4.08. The number of nitrogen functional groups attached to an aromatic ring is 1. The van der Waals surface area contributed by atoms with Crippen LogP contribution in [0.3, 0.4) is 0 Å². The van der Waals surface area contributed by atoms with Crippen molar-refractivity contribution in [3.8, 4) is 0 Å². The molecule has 2 aromatic carbocycles. The summed E-state index contributed by atoms with van der Waals surface area (Å²) in [6, 6.07) is 7.90. The lowest BCUT2D eigenvalue weighted by atomic mass is 10.0. The molecule has 3 aromatic rings. The maximum Gasteiger partial charge on any atom is 0.251 e. The molecule has 0 radical (unpaired) electrons. The van der Waals surface area contributed by atoms with Crippen molar-refractivity contribution in [1.82, 2.24) is 20.2 Å². The molecule has 1 unspecified atom stereocenters. The van der Waals surface area contributed by atoms with Crippen molar-refractivity contribution in [3.63, 3.8) is 0 Å². The highest BCUT2D eigenvalue weighted by molar-refractivity contribution is 6.16. The minimum Gasteiger partial charge on any atom is -0.383 e. The van der Waals surface area contributed by atoms with Gasteiger partial charge in [0, 0.05) is 42.9 Å². The molecule has 0 spiro atoms. The first-order valence-electron chi connectivity index (χ1n) is 12.7. The predicted molar refractivity (Wildman–Crippen MR) is 150 cm³/mol. The number of likely N-dealkylation sites (N-methyl/N-ethyl adjacent to an activating group) is 1. The van der Waals surface area contributed by atoms with Crippen LogP contribution >= 0.6 is 0 Å². The van der Waals surface area contributed by atoms with Crippen molar-refractivity contribution < 1.29 is 18.4 Å². The second-order valence-corrected chi connectivity index (χ2v) is 9.37. The fourth-order valence-electron chi connectivity index (χ4n) is 4.26. The van der Waals surface area contributed by atoms with Crippen LogP contribution in [0.5, 0.6) is 0 Å². The van der Waals surface area contributed by atoms with E-state index in [0.29, 0.717) is 29.7 Å². The van der Waals surface area contributed by atoms with E-state index >= 15 is 0 Å². The van der Waals surface area contributed by atoms with Crippen LogP contribution in [0.1, 0.15) is 58.0 Å². The average Bonchev–Trinajstić information content (AvgIpc) is 3.81. The Morgan fingerprint density at radius 2 is 1.85 bits per heavy atom. The van der Waals surface area contributed by atoms with Crippen LogP contribution in [0, 0.1) is 17.0 Å². The van der Waals surface area contributed by atoms with Crippen LogP contribution in [0.4, 0.5) is 26.1 Å². The van der Waals surface area contributed by atoms with Gasteiger partial charge in [0.25, 0.3) is 5.91 Å². The zero-order valence-electron chi connectivity index (χ0n) is 22.3. The molecule has 0 aliphatic heterocycles. The average molecular weight is 549 g/mol. The van der Waals surface area contributed by atoms with E-state index < -0.39 is 17.7 Å². The van der Waals surface area contributed by atoms with Gasteiger partial charge in [0.05, 0.1) is 23.0 Å². The van der Waals surface area contributed by atoms with Crippen molar-refractivity contribution in [1.29, 1.82) is 5.41 Å². The number of aliphatic imine (C=N–C) groups is 1. The fourth-order valence-corrected chi connectivity index (χ4v) is 4.26. The maximum atomic E-state index is 14.1. The molecular weight excluding hydrogens is 518 g/mol. The number of anilines is 2. The molecule has 5 N–H and O–H groups in total. The first kappa shape index (κ1) is 28.3. The predicted octanol–water partition coefficient (Wildman–Crippen LogP) is 3.94. The van der Waals surface area contributed by atoms with Gasteiger partial charge in [-0.05, 0) is 37.5 Å². The van der Waals surface area contributed by atoms with Crippen molar-refractivity contribution in [2.24, 2.45) is 4.99 Å². The highest BCUT2D eigenvalue weighted by Crippen LogP contribution is 2.30. The lowest BCUT2D eigenvalue weighted by Gasteiger charge is -2.29. The number of nitrogens with one attached hydrogen (secondary N) is 3. The SMILES string of the molecule is CCC(Nc1ncnc(N)c1C(=N)c1ccc(C(=O)NC)cc1)/C(=N/c1cc(F)c(F)cc1C=O)N(C)C1CC1. The van der Waals surface area contributed by atoms with Crippen LogP contribution in [-0.4, -0.2) is 64.8 Å². The van der Waals surface area contributed by atoms with Gasteiger partial charge in [0.15, 0.2) is 17.9 Å². The molecule has 1 aliphatic carbocycles. The summed E-state index contributed by atoms with van der Waals surface area (Å²) in [5.41, 5.74) is 7.36. The van der Waals surface area contributed by atoms with Crippen molar-refractivity contribution in [2.45, 2.75) is 38.3 Å². The topological polar surface area (TPSA) is 149 Å². The Hall–Kier alpha value is -4.74. The Kier molecular flexibility index (Phi) is 8.46. The number of aromatic nitrogens is 2. The summed E-state index contributed by atoms with van der Waals surface area (Å²) in [4.78, 5) is 38.5. The van der Waals surface area contributed by atoms with Gasteiger partial charge in [0.2, 0.25) is 0 Å². The molecule has 1 aliphatic rings. The summed E-state index contributed by atoms with van der Waals surface area (Å²) in [5, 5.41) is 14.7. The summed E-state index contributed by atoms with van der Waals surface area (Å²) in [7, 11) is 3.39. The molecule has 208 valence electrons. The third-order valence-electron chi connectivity index (χ3n) is 6.71. The minimum absolute atomic E-state index is 0.00280. The molecule has 12 heteroatoms. The smallest absolute Gasteiger partial charge is 0.251 e. The second-order valence-electron chi connectivity index (χ2n) is 9.37. The van der Waals surface area contributed by atoms with E-state index in [1.165, 1.54) is 13.4 Å². The zero-order chi connectivity index (χ0) is 29.0. The normalized spacial score (nSPS) is 13.9. The molecule has 0 saturated heterocycles. The number of amidine groups is 1. The van der Waals surface area contributed by atoms with Crippen LogP contribution in [0.15, 0.2) is 47.7 Å². The molecule has 1 aromatic heterocycles. The highest BCUT2D eigenvalue weighted by Gasteiger charge is 2.32. The number of amides is 1. The van der Waals surface area contributed by atoms with E-state index in [0.717, 1.165) is 25.0 Å². The third kappa shape index (κ3) is 5.95. The molecule has 0 bridgehead atoms. The van der Waals surface area contributed by atoms with Crippen LogP contribution < -0.4 is 16.4 Å². The van der Waals surface area contributed by atoms with Gasteiger partial charge < -0.3 is 21.3 Å². The Morgan fingerprint density at radius 3 is 2.45 bits per heavy atom. The Bertz CT molecular complexity index is 1470. The first-order chi connectivity index (χ1) is 19.2. The number of carbonyl (C=O) groups is 2. The third-order valence-corrected chi connectivity index (χ3v) is 6.71. The van der Waals surface area contributed by atoms with Crippen LogP contribution in [0.25, 0.3) is 0 Å². The Labute approximate surface area is 230 Å². The van der Waals surface area contributed by atoms with Crippen molar-refractivity contribution in [3.05, 3.63) is 76.6 Å². The second kappa shape index (κ2) is 12.0. The lowest BCUT2D eigenvalue weighted by Crippen LogP contribution is -2.42. The molecule has 1 amide bonds. The lowest BCUT2D eigenvalue weighted by molar-refractivity contribution is 0.0962. The van der Waals surface area contributed by atoms with Gasteiger partial charge in [-0.25, -0.2) is 23.7 Å². The van der Waals surface area contributed by atoms with Crippen molar-refractivity contribution in [2.75, 3.05) is 25.1 Å². The molecule has 1 saturated carbocycles. The summed E-state index contributed by atoms with van der Waals surface area (Å²) in [5.74, 6) is -1.65. The molecule has 1 fully saturated rings. The fraction of sp³-hybridized carbons (Fsp3) is 0.286. The maximum absolute atomic E-state index is 14.1. The number of hydrogen-bond acceptors (Lipinski definition) is 8. The van der Waals surface area contributed by atoms with E-state index in [1.807, 2.05) is 18.9 Å². The van der Waals surface area contributed by atoms with E-state index in [-0.39, 0.29) is 46.1 Å². The van der Waals surface area contributed by atoms with Crippen molar-refractivity contribution >= 4 is 41.1 Å². The highest BCUT2D eigenvalue weighted by atomic mass is 19.2. The number of rotatable bonds is 10. The molecule has 1 heterocycles. The standard InChI is InChI=1S/C28H30F2N8O2/c1-4-21(27(38(3)18-9-10-18)37-22-12-20(30)19(29)11-17(22)13-39)36-26-23(25(32)34-14-35-26)24(31)15-5-7-16(8-6-15)28(40)33-2/h5-8,11-14,18,21,31H,4,9-10H2,1-3H3,(H,33,40)(H3,32,34,35,36)/b31-24?,37-27-. The molecule has 4 rings (SSSR count). The number of nitrogens with zero attached hydrogens (tertiary/aromatic N) is 4. The quantitative estimate of drug-likeness (QED) is 0.170. The number of hydrogen-bond donors (Lipinski definition) is 4. The van der Waals surface area contributed by atoms with E-state index in [9.17, 15) is 18.4 Å². The molecular formula is C28H30F2N8O2. The minimum atomic E-state index is -1.13. The summed E-state index contributed by atoms with van der Waals surface area (Å²) >= 11 is 0. The van der Waals surface area contributed by atoms with E-state index in [1.54, 1.807) is 24.3 Å². The van der Waals surface area contributed by atoms with Crippen LogP contribution in [0.2, 0.25) is 0 Å². The van der Waals surface area contributed by atoms with E-state index in [2.05, 4.69) is 25.6 Å². The number of halogens is 2. The van der Waals surface area contributed by atoms with Gasteiger partial charge in [0.1, 0.15) is 23.8 Å². The van der Waals surface area contributed by atoms with E-state index in [4.69, 9.17) is 11.1 Å². The first-order valence-corrected chi connectivity index (χ1v) is 12.7. The summed E-state index contributed by atoms with van der Waals surface area (Å²) < 4.78 is 27.9. The molecule has 1 atom stereocenters. The number of carbonyl (C=O) groups excluding carboxylic acids is 2. The number of benzene rings is 2. The van der Waals surface area contributed by atoms with Gasteiger partial charge in [-0.3, -0.25) is 15.0 Å². The molecule has 40 heavy (non-hydrogen) atoms. The number of nitrogens with two attached hydrogens (primary N) is 1. The van der Waals surface area contributed by atoms with Gasteiger partial charge in [-0.1, -0.05) is 19.1 Å². The van der Waals surface area contributed by atoms with Gasteiger partial charge in [-0.2, -0.15) is 0 Å². The summed E-state index contributed by atoms with van der Waals surface area (Å²) in [6.45, 7) is 1.91. The van der Waals surface area contributed by atoms with Gasteiger partial charge >= 0.3 is 0 Å². The molecule has 10 nitrogen and oxygen atoms in total. The number of aldehydes is 1. The monoisotopic (exact) mass is 548 g/mol. The van der Waals surface area contributed by atoms with Gasteiger partial charge in [-0.15, -0.1) is 0 Å².